The maximum absolute atomic E-state index is 12.1. The monoisotopic (exact) mass is 394 g/mol. The van der Waals surface area contributed by atoms with Crippen molar-refractivity contribution in [3.63, 3.8) is 0 Å². The van der Waals surface area contributed by atoms with Crippen LogP contribution in [0.5, 0.6) is 0 Å². The van der Waals surface area contributed by atoms with Crippen LogP contribution in [0, 0.1) is 11.3 Å². The standard InChI is InChI=1S/C23H38O5/c1-6-10-21(17-26-16-20-11-8-7-9-12-20)27-14-13-25-18-23(4,5)22(24)28-15-19(2)3/h7-9,11-12,19,21H,6,10,13-18H2,1-5H3. The molecule has 0 N–H and O–H groups in total. The van der Waals surface area contributed by atoms with Gasteiger partial charge in [0.05, 0.1) is 51.2 Å². The molecule has 0 saturated carbocycles. The number of hydrogen-bond acceptors (Lipinski definition) is 5. The van der Waals surface area contributed by atoms with E-state index >= 15 is 0 Å². The summed E-state index contributed by atoms with van der Waals surface area (Å²) in [7, 11) is 0. The third-order valence-electron chi connectivity index (χ3n) is 4.17. The van der Waals surface area contributed by atoms with Crippen LogP contribution in [0.2, 0.25) is 0 Å². The van der Waals surface area contributed by atoms with Crippen LogP contribution in [0.1, 0.15) is 53.0 Å². The first-order valence-corrected chi connectivity index (χ1v) is 10.3. The molecule has 0 fully saturated rings. The zero-order valence-corrected chi connectivity index (χ0v) is 18.2. The molecule has 0 aromatic heterocycles. The highest BCUT2D eigenvalue weighted by atomic mass is 16.6. The molecule has 0 aliphatic rings. The van der Waals surface area contributed by atoms with Crippen LogP contribution in [0.15, 0.2) is 30.3 Å². The summed E-state index contributed by atoms with van der Waals surface area (Å²) in [5.74, 6) is 0.106. The van der Waals surface area contributed by atoms with Crippen LogP contribution < -0.4 is 0 Å². The van der Waals surface area contributed by atoms with Gasteiger partial charge in [-0.05, 0) is 31.7 Å². The Morgan fingerprint density at radius 1 is 1.04 bits per heavy atom. The van der Waals surface area contributed by atoms with E-state index in [1.165, 1.54) is 0 Å². The van der Waals surface area contributed by atoms with E-state index in [0.29, 0.717) is 45.6 Å². The molecule has 1 aromatic carbocycles. The number of ether oxygens (including phenoxy) is 4. The van der Waals surface area contributed by atoms with E-state index in [4.69, 9.17) is 18.9 Å². The minimum Gasteiger partial charge on any atom is -0.465 e. The second-order valence-corrected chi connectivity index (χ2v) is 8.21. The van der Waals surface area contributed by atoms with Gasteiger partial charge in [-0.15, -0.1) is 0 Å². The summed E-state index contributed by atoms with van der Waals surface area (Å²) in [6.07, 6.45) is 2.04. The van der Waals surface area contributed by atoms with Crippen molar-refractivity contribution in [1.29, 1.82) is 0 Å². The average molecular weight is 395 g/mol. The normalized spacial score (nSPS) is 12.9. The van der Waals surface area contributed by atoms with Crippen LogP contribution >= 0.6 is 0 Å². The summed E-state index contributed by atoms with van der Waals surface area (Å²) >= 11 is 0. The van der Waals surface area contributed by atoms with Crippen molar-refractivity contribution in [1.82, 2.24) is 0 Å². The molecule has 5 heteroatoms. The second kappa shape index (κ2) is 13.7. The van der Waals surface area contributed by atoms with Crippen molar-refractivity contribution < 1.29 is 23.7 Å². The summed E-state index contributed by atoms with van der Waals surface area (Å²) in [5.41, 5.74) is 0.504. The van der Waals surface area contributed by atoms with Gasteiger partial charge in [-0.2, -0.15) is 0 Å². The van der Waals surface area contributed by atoms with Gasteiger partial charge < -0.3 is 18.9 Å². The number of carbonyl (C=O) groups excluding carboxylic acids is 1. The molecular weight excluding hydrogens is 356 g/mol. The Bertz CT molecular complexity index is 527. The Morgan fingerprint density at radius 2 is 1.75 bits per heavy atom. The van der Waals surface area contributed by atoms with Gasteiger partial charge in [0.25, 0.3) is 0 Å². The molecule has 0 heterocycles. The summed E-state index contributed by atoms with van der Waals surface area (Å²) in [4.78, 5) is 12.1. The van der Waals surface area contributed by atoms with Crippen molar-refractivity contribution >= 4 is 5.97 Å². The largest absolute Gasteiger partial charge is 0.465 e. The number of benzene rings is 1. The quantitative estimate of drug-likeness (QED) is 0.321. The highest BCUT2D eigenvalue weighted by Crippen LogP contribution is 2.18. The van der Waals surface area contributed by atoms with Gasteiger partial charge in [0.1, 0.15) is 0 Å². The first kappa shape index (κ1) is 24.6. The van der Waals surface area contributed by atoms with Gasteiger partial charge in [-0.3, -0.25) is 4.79 Å². The number of esters is 1. The number of hydrogen-bond donors (Lipinski definition) is 0. The second-order valence-electron chi connectivity index (χ2n) is 8.21. The molecule has 5 nitrogen and oxygen atoms in total. The highest BCUT2D eigenvalue weighted by molar-refractivity contribution is 5.76. The molecule has 28 heavy (non-hydrogen) atoms. The van der Waals surface area contributed by atoms with Crippen LogP contribution in [0.3, 0.4) is 0 Å². The van der Waals surface area contributed by atoms with Crippen LogP contribution in [-0.4, -0.2) is 45.1 Å². The van der Waals surface area contributed by atoms with Crippen molar-refractivity contribution in [2.45, 2.75) is 60.2 Å². The van der Waals surface area contributed by atoms with E-state index in [-0.39, 0.29) is 12.1 Å². The first-order valence-electron chi connectivity index (χ1n) is 10.3. The molecule has 0 aliphatic carbocycles. The summed E-state index contributed by atoms with van der Waals surface area (Å²) in [6.45, 7) is 12.7. The van der Waals surface area contributed by atoms with E-state index in [2.05, 4.69) is 19.1 Å². The Morgan fingerprint density at radius 3 is 2.39 bits per heavy atom. The van der Waals surface area contributed by atoms with E-state index in [0.717, 1.165) is 18.4 Å². The Labute approximate surface area is 170 Å². The van der Waals surface area contributed by atoms with Crippen molar-refractivity contribution in [3.8, 4) is 0 Å². The van der Waals surface area contributed by atoms with Gasteiger partial charge in [0.2, 0.25) is 0 Å². The fourth-order valence-electron chi connectivity index (χ4n) is 2.52. The highest BCUT2D eigenvalue weighted by Gasteiger charge is 2.30. The maximum Gasteiger partial charge on any atom is 0.313 e. The smallest absolute Gasteiger partial charge is 0.313 e. The molecule has 1 atom stereocenters. The molecule has 0 radical (unpaired) electrons. The third-order valence-corrected chi connectivity index (χ3v) is 4.17. The van der Waals surface area contributed by atoms with Crippen LogP contribution in [-0.2, 0) is 30.3 Å². The van der Waals surface area contributed by atoms with E-state index in [1.807, 2.05) is 45.9 Å². The van der Waals surface area contributed by atoms with Gasteiger partial charge in [-0.25, -0.2) is 0 Å². The lowest BCUT2D eigenvalue weighted by Gasteiger charge is -2.23. The van der Waals surface area contributed by atoms with Crippen molar-refractivity contribution in [2.24, 2.45) is 11.3 Å². The minimum absolute atomic E-state index is 0.0568. The first-order chi connectivity index (χ1) is 13.3. The number of carbonyl (C=O) groups is 1. The molecule has 0 aliphatic heterocycles. The van der Waals surface area contributed by atoms with Gasteiger partial charge in [0.15, 0.2) is 0 Å². The molecule has 0 bridgehead atoms. The predicted molar refractivity (Wildman–Crippen MR) is 111 cm³/mol. The topological polar surface area (TPSA) is 54.0 Å². The third kappa shape index (κ3) is 10.8. The molecule has 0 amide bonds. The van der Waals surface area contributed by atoms with E-state index in [9.17, 15) is 4.79 Å². The van der Waals surface area contributed by atoms with E-state index < -0.39 is 5.41 Å². The van der Waals surface area contributed by atoms with Gasteiger partial charge in [-0.1, -0.05) is 57.5 Å². The summed E-state index contributed by atoms with van der Waals surface area (Å²) in [6, 6.07) is 10.1. The van der Waals surface area contributed by atoms with Crippen molar-refractivity contribution in [2.75, 3.05) is 33.0 Å². The molecule has 160 valence electrons. The molecule has 1 unspecified atom stereocenters. The van der Waals surface area contributed by atoms with Crippen molar-refractivity contribution in [3.05, 3.63) is 35.9 Å². The lowest BCUT2D eigenvalue weighted by atomic mass is 9.95. The lowest BCUT2D eigenvalue weighted by Crippen LogP contribution is -2.33. The fraction of sp³-hybridized carbons (Fsp3) is 0.696. The minimum atomic E-state index is -0.656. The van der Waals surface area contributed by atoms with Gasteiger partial charge >= 0.3 is 5.97 Å². The maximum atomic E-state index is 12.1. The predicted octanol–water partition coefficient (Wildman–Crippen LogP) is 4.63. The molecule has 1 rings (SSSR count). The zero-order valence-electron chi connectivity index (χ0n) is 18.2. The molecular formula is C23H38O5. The summed E-state index contributed by atoms with van der Waals surface area (Å²) < 4.78 is 22.7. The summed E-state index contributed by atoms with van der Waals surface area (Å²) in [5, 5.41) is 0. The molecule has 0 saturated heterocycles. The van der Waals surface area contributed by atoms with Crippen LogP contribution in [0.4, 0.5) is 0 Å². The van der Waals surface area contributed by atoms with Gasteiger partial charge in [0, 0.05) is 0 Å². The Kier molecular flexibility index (Phi) is 12.0. The van der Waals surface area contributed by atoms with E-state index in [1.54, 1.807) is 0 Å². The number of rotatable bonds is 15. The fourth-order valence-corrected chi connectivity index (χ4v) is 2.52. The molecule has 0 spiro atoms. The zero-order chi connectivity index (χ0) is 20.8. The lowest BCUT2D eigenvalue weighted by molar-refractivity contribution is -0.159. The Balaban J connectivity index is 2.22. The molecule has 1 aromatic rings. The Hall–Kier alpha value is -1.43. The average Bonchev–Trinajstić information content (AvgIpc) is 2.66. The SMILES string of the molecule is CCCC(COCc1ccccc1)OCCOCC(C)(C)C(=O)OCC(C)C. The van der Waals surface area contributed by atoms with Crippen LogP contribution in [0.25, 0.3) is 0 Å².